The molecule has 1 atom stereocenters. The molecule has 0 aromatic heterocycles. The summed E-state index contributed by atoms with van der Waals surface area (Å²) in [6.07, 6.45) is 5.29. The molecule has 0 spiro atoms. The number of hydrogen-bond acceptors (Lipinski definition) is 1. The molecule has 1 nitrogen and oxygen atoms in total. The van der Waals surface area contributed by atoms with Gasteiger partial charge in [0, 0.05) is 11.9 Å². The lowest BCUT2D eigenvalue weighted by molar-refractivity contribution is 0.424. The Kier molecular flexibility index (Phi) is 9.00. The van der Waals surface area contributed by atoms with E-state index in [0.29, 0.717) is 12.0 Å². The highest BCUT2D eigenvalue weighted by Crippen LogP contribution is 2.04. The Balaban J connectivity index is 3.28. The fraction of sp³-hybridized carbons (Fsp3) is 1.00. The van der Waals surface area contributed by atoms with E-state index in [9.17, 15) is 0 Å². The van der Waals surface area contributed by atoms with E-state index in [1.54, 1.807) is 0 Å². The third-order valence-electron chi connectivity index (χ3n) is 2.41. The van der Waals surface area contributed by atoms with E-state index in [-0.39, 0.29) is 0 Å². The molecule has 0 aliphatic rings. The lowest BCUT2D eigenvalue weighted by Gasteiger charge is -2.19. The third-order valence-corrected chi connectivity index (χ3v) is 2.74. The standard InChI is InChI=1S/C11H24ClN/c1-4-5-6-7-8-13-11(9-12)10(2)3/h10-11,13H,4-9H2,1-3H3. The Morgan fingerprint density at radius 2 is 1.85 bits per heavy atom. The average Bonchev–Trinajstić information content (AvgIpc) is 2.10. The van der Waals surface area contributed by atoms with Gasteiger partial charge in [-0.05, 0) is 18.9 Å². The highest BCUT2D eigenvalue weighted by molar-refractivity contribution is 6.18. The molecule has 2 heteroatoms. The molecule has 0 aliphatic carbocycles. The molecule has 0 aromatic rings. The molecule has 0 saturated carbocycles. The summed E-state index contributed by atoms with van der Waals surface area (Å²) in [5.41, 5.74) is 0. The van der Waals surface area contributed by atoms with Crippen molar-refractivity contribution in [2.24, 2.45) is 5.92 Å². The van der Waals surface area contributed by atoms with Crippen LogP contribution >= 0.6 is 11.6 Å². The van der Waals surface area contributed by atoms with Crippen LogP contribution in [0, 0.1) is 5.92 Å². The smallest absolute Gasteiger partial charge is 0.0379 e. The van der Waals surface area contributed by atoms with E-state index in [2.05, 4.69) is 26.1 Å². The van der Waals surface area contributed by atoms with Gasteiger partial charge in [-0.25, -0.2) is 0 Å². The summed E-state index contributed by atoms with van der Waals surface area (Å²) in [6, 6.07) is 0.489. The van der Waals surface area contributed by atoms with Gasteiger partial charge < -0.3 is 5.32 Å². The molecule has 0 aromatic carbocycles. The molecule has 1 unspecified atom stereocenters. The quantitative estimate of drug-likeness (QED) is 0.473. The van der Waals surface area contributed by atoms with Crippen molar-refractivity contribution in [2.75, 3.05) is 12.4 Å². The maximum Gasteiger partial charge on any atom is 0.0379 e. The van der Waals surface area contributed by atoms with Crippen LogP contribution in [-0.4, -0.2) is 18.5 Å². The van der Waals surface area contributed by atoms with Crippen LogP contribution in [0.5, 0.6) is 0 Å². The Morgan fingerprint density at radius 3 is 2.31 bits per heavy atom. The first-order valence-corrected chi connectivity index (χ1v) is 6.05. The van der Waals surface area contributed by atoms with Crippen LogP contribution in [0.2, 0.25) is 0 Å². The molecule has 0 fully saturated rings. The second kappa shape index (κ2) is 8.83. The van der Waals surface area contributed by atoms with Gasteiger partial charge in [-0.1, -0.05) is 40.0 Å². The van der Waals surface area contributed by atoms with Gasteiger partial charge >= 0.3 is 0 Å². The predicted molar refractivity (Wildman–Crippen MR) is 61.5 cm³/mol. The molecule has 0 rings (SSSR count). The predicted octanol–water partition coefficient (Wildman–Crippen LogP) is 3.42. The second-order valence-electron chi connectivity index (χ2n) is 4.02. The molecular formula is C11H24ClN. The van der Waals surface area contributed by atoms with Gasteiger partial charge in [0.05, 0.1) is 0 Å². The van der Waals surface area contributed by atoms with Gasteiger partial charge in [-0.2, -0.15) is 0 Å². The minimum atomic E-state index is 0.489. The fourth-order valence-corrected chi connectivity index (χ4v) is 1.77. The number of hydrogen-bond donors (Lipinski definition) is 1. The Bertz CT molecular complexity index is 104. The van der Waals surface area contributed by atoms with E-state index in [1.165, 1.54) is 25.7 Å². The fourth-order valence-electron chi connectivity index (χ4n) is 1.31. The minimum Gasteiger partial charge on any atom is -0.313 e. The van der Waals surface area contributed by atoms with Gasteiger partial charge in [0.2, 0.25) is 0 Å². The molecule has 0 radical (unpaired) electrons. The summed E-state index contributed by atoms with van der Waals surface area (Å²) in [5, 5.41) is 3.50. The van der Waals surface area contributed by atoms with Crippen molar-refractivity contribution in [1.82, 2.24) is 5.32 Å². The topological polar surface area (TPSA) is 12.0 Å². The Hall–Kier alpha value is 0.250. The number of nitrogens with one attached hydrogen (secondary N) is 1. The van der Waals surface area contributed by atoms with Crippen molar-refractivity contribution < 1.29 is 0 Å². The van der Waals surface area contributed by atoms with Crippen LogP contribution in [0.4, 0.5) is 0 Å². The van der Waals surface area contributed by atoms with Crippen molar-refractivity contribution in [2.45, 2.75) is 52.5 Å². The van der Waals surface area contributed by atoms with Gasteiger partial charge in [-0.15, -0.1) is 11.6 Å². The largest absolute Gasteiger partial charge is 0.313 e. The summed E-state index contributed by atoms with van der Waals surface area (Å²) in [6.45, 7) is 7.79. The van der Waals surface area contributed by atoms with Crippen molar-refractivity contribution in [3.05, 3.63) is 0 Å². The highest BCUT2D eigenvalue weighted by atomic mass is 35.5. The number of alkyl halides is 1. The maximum absolute atomic E-state index is 5.84. The summed E-state index contributed by atoms with van der Waals surface area (Å²) in [7, 11) is 0. The van der Waals surface area contributed by atoms with E-state index in [4.69, 9.17) is 11.6 Å². The van der Waals surface area contributed by atoms with Crippen molar-refractivity contribution in [3.63, 3.8) is 0 Å². The summed E-state index contributed by atoms with van der Waals surface area (Å²) in [4.78, 5) is 0. The lowest BCUT2D eigenvalue weighted by Crippen LogP contribution is -2.35. The molecule has 0 heterocycles. The molecule has 80 valence electrons. The van der Waals surface area contributed by atoms with Crippen molar-refractivity contribution in [3.8, 4) is 0 Å². The SMILES string of the molecule is CCCCCCNC(CCl)C(C)C. The van der Waals surface area contributed by atoms with Crippen LogP contribution in [-0.2, 0) is 0 Å². The van der Waals surface area contributed by atoms with Gasteiger partial charge in [0.25, 0.3) is 0 Å². The molecule has 0 saturated heterocycles. The zero-order valence-electron chi connectivity index (χ0n) is 9.28. The van der Waals surface area contributed by atoms with Crippen molar-refractivity contribution >= 4 is 11.6 Å². The van der Waals surface area contributed by atoms with Crippen molar-refractivity contribution in [1.29, 1.82) is 0 Å². The molecule has 1 N–H and O–H groups in total. The minimum absolute atomic E-state index is 0.489. The summed E-state index contributed by atoms with van der Waals surface area (Å²) >= 11 is 5.84. The number of unbranched alkanes of at least 4 members (excludes halogenated alkanes) is 3. The van der Waals surface area contributed by atoms with Gasteiger partial charge in [-0.3, -0.25) is 0 Å². The molecule has 0 aliphatic heterocycles. The normalized spacial score (nSPS) is 13.6. The second-order valence-corrected chi connectivity index (χ2v) is 4.33. The van der Waals surface area contributed by atoms with E-state index >= 15 is 0 Å². The monoisotopic (exact) mass is 205 g/mol. The highest BCUT2D eigenvalue weighted by Gasteiger charge is 2.09. The molecule has 0 amide bonds. The molecular weight excluding hydrogens is 182 g/mol. The zero-order valence-corrected chi connectivity index (χ0v) is 10.0. The van der Waals surface area contributed by atoms with Gasteiger partial charge in [0.15, 0.2) is 0 Å². The first-order valence-electron chi connectivity index (χ1n) is 5.51. The van der Waals surface area contributed by atoms with E-state index in [1.807, 2.05) is 0 Å². The first kappa shape index (κ1) is 13.2. The zero-order chi connectivity index (χ0) is 10.1. The summed E-state index contributed by atoms with van der Waals surface area (Å²) in [5.74, 6) is 1.37. The van der Waals surface area contributed by atoms with Crippen LogP contribution < -0.4 is 5.32 Å². The average molecular weight is 206 g/mol. The third kappa shape index (κ3) is 7.33. The van der Waals surface area contributed by atoms with Crippen LogP contribution in [0.15, 0.2) is 0 Å². The number of rotatable bonds is 8. The lowest BCUT2D eigenvalue weighted by atomic mass is 10.1. The van der Waals surface area contributed by atoms with Gasteiger partial charge in [0.1, 0.15) is 0 Å². The first-order chi connectivity index (χ1) is 6.22. The summed E-state index contributed by atoms with van der Waals surface area (Å²) < 4.78 is 0. The molecule has 13 heavy (non-hydrogen) atoms. The van der Waals surface area contributed by atoms with Crippen LogP contribution in [0.1, 0.15) is 46.5 Å². The van der Waals surface area contributed by atoms with E-state index in [0.717, 1.165) is 12.4 Å². The molecule has 0 bridgehead atoms. The van der Waals surface area contributed by atoms with Crippen LogP contribution in [0.25, 0.3) is 0 Å². The van der Waals surface area contributed by atoms with Crippen LogP contribution in [0.3, 0.4) is 0 Å². The maximum atomic E-state index is 5.84. The number of halogens is 1. The van der Waals surface area contributed by atoms with E-state index < -0.39 is 0 Å². The Morgan fingerprint density at radius 1 is 1.15 bits per heavy atom. The Labute approximate surface area is 88.2 Å².